The van der Waals surface area contributed by atoms with Crippen LogP contribution in [0, 0.1) is 6.92 Å². The van der Waals surface area contributed by atoms with E-state index in [2.05, 4.69) is 34.7 Å². The molecule has 27 heavy (non-hydrogen) atoms. The van der Waals surface area contributed by atoms with Gasteiger partial charge < -0.3 is 9.64 Å². The third-order valence-corrected chi connectivity index (χ3v) is 6.27. The maximum absolute atomic E-state index is 13.4. The van der Waals surface area contributed by atoms with E-state index in [1.54, 1.807) is 7.11 Å². The summed E-state index contributed by atoms with van der Waals surface area (Å²) in [5.41, 5.74) is 3.39. The summed E-state index contributed by atoms with van der Waals surface area (Å²) in [6, 6.07) is 7.17. The first-order chi connectivity index (χ1) is 13.0. The van der Waals surface area contributed by atoms with E-state index in [1.807, 2.05) is 0 Å². The molecule has 1 aliphatic carbocycles. The predicted octanol–water partition coefficient (Wildman–Crippen LogP) is 4.71. The third-order valence-electron chi connectivity index (χ3n) is 6.27. The average Bonchev–Trinajstić information content (AvgIpc) is 3.00. The third kappa shape index (κ3) is 3.87. The van der Waals surface area contributed by atoms with E-state index >= 15 is 0 Å². The van der Waals surface area contributed by atoms with E-state index in [0.29, 0.717) is 31.5 Å². The van der Waals surface area contributed by atoms with Gasteiger partial charge in [0.2, 0.25) is 5.92 Å². The van der Waals surface area contributed by atoms with E-state index in [-0.39, 0.29) is 12.8 Å². The van der Waals surface area contributed by atoms with Crippen LogP contribution in [0.3, 0.4) is 0 Å². The van der Waals surface area contributed by atoms with Gasteiger partial charge in [0.1, 0.15) is 0 Å². The Bertz CT molecular complexity index is 786. The van der Waals surface area contributed by atoms with Crippen molar-refractivity contribution < 1.29 is 13.5 Å². The maximum Gasteiger partial charge on any atom is 0.248 e. The number of benzene rings is 1. The fourth-order valence-electron chi connectivity index (χ4n) is 4.73. The Hall–Kier alpha value is -1.53. The van der Waals surface area contributed by atoms with Gasteiger partial charge in [0.05, 0.1) is 23.9 Å². The molecule has 6 heteroatoms. The normalized spacial score (nSPS) is 22.5. The zero-order chi connectivity index (χ0) is 19.0. The molecule has 1 saturated heterocycles. The Labute approximate surface area is 159 Å². The summed E-state index contributed by atoms with van der Waals surface area (Å²) >= 11 is 0. The molecule has 4 rings (SSSR count). The highest BCUT2D eigenvalue weighted by Gasteiger charge is 2.38. The minimum Gasteiger partial charge on any atom is -0.378 e. The number of rotatable bonds is 4. The molecule has 0 unspecified atom stereocenters. The van der Waals surface area contributed by atoms with E-state index in [9.17, 15) is 8.78 Å². The number of nitrogens with zero attached hydrogens (tertiary/aromatic N) is 3. The SMILES string of the molecule is COCc1nn(C2CCN(C3CCC(F)(F)CC3)CC2)c2ccc(C)cc12. The zero-order valence-corrected chi connectivity index (χ0v) is 16.3. The van der Waals surface area contributed by atoms with Crippen LogP contribution in [0.1, 0.15) is 55.8 Å². The predicted molar refractivity (Wildman–Crippen MR) is 102 cm³/mol. The molecule has 0 bridgehead atoms. The van der Waals surface area contributed by atoms with Gasteiger partial charge in [-0.3, -0.25) is 4.68 Å². The van der Waals surface area contributed by atoms with Gasteiger partial charge in [-0.15, -0.1) is 0 Å². The summed E-state index contributed by atoms with van der Waals surface area (Å²) in [7, 11) is 1.70. The summed E-state index contributed by atoms with van der Waals surface area (Å²) in [4.78, 5) is 2.43. The first-order valence-electron chi connectivity index (χ1n) is 10.1. The van der Waals surface area contributed by atoms with Crippen molar-refractivity contribution in [3.8, 4) is 0 Å². The number of likely N-dealkylation sites (tertiary alicyclic amines) is 1. The van der Waals surface area contributed by atoms with Crippen LogP contribution in [-0.2, 0) is 11.3 Å². The van der Waals surface area contributed by atoms with Gasteiger partial charge in [-0.25, -0.2) is 8.78 Å². The van der Waals surface area contributed by atoms with E-state index in [1.165, 1.54) is 16.5 Å². The molecule has 1 saturated carbocycles. The first kappa shape index (κ1) is 18.8. The van der Waals surface area contributed by atoms with Crippen LogP contribution in [-0.4, -0.2) is 46.8 Å². The summed E-state index contributed by atoms with van der Waals surface area (Å²) < 4.78 is 34.4. The van der Waals surface area contributed by atoms with Crippen LogP contribution in [0.15, 0.2) is 18.2 Å². The Balaban J connectivity index is 1.47. The largest absolute Gasteiger partial charge is 0.378 e. The molecule has 2 aliphatic rings. The van der Waals surface area contributed by atoms with Crippen molar-refractivity contribution in [2.45, 2.75) is 70.1 Å². The van der Waals surface area contributed by atoms with Crippen LogP contribution in [0.2, 0.25) is 0 Å². The highest BCUT2D eigenvalue weighted by molar-refractivity contribution is 5.82. The lowest BCUT2D eigenvalue weighted by Gasteiger charge is -2.40. The topological polar surface area (TPSA) is 30.3 Å². The first-order valence-corrected chi connectivity index (χ1v) is 10.1. The fraction of sp³-hybridized carbons (Fsp3) is 0.667. The number of fused-ring (bicyclic) bond motifs is 1. The second kappa shape index (κ2) is 7.47. The Morgan fingerprint density at radius 3 is 2.48 bits per heavy atom. The number of hydrogen-bond donors (Lipinski definition) is 0. The van der Waals surface area contributed by atoms with Gasteiger partial charge in [0.25, 0.3) is 0 Å². The molecule has 1 aromatic heterocycles. The van der Waals surface area contributed by atoms with Gasteiger partial charge in [0.15, 0.2) is 0 Å². The Kier molecular flexibility index (Phi) is 5.21. The maximum atomic E-state index is 13.4. The fourth-order valence-corrected chi connectivity index (χ4v) is 4.73. The van der Waals surface area contributed by atoms with E-state index < -0.39 is 5.92 Å². The summed E-state index contributed by atoms with van der Waals surface area (Å²) in [5, 5.41) is 6.05. The standard InChI is InChI=1S/C21H29F2N3O/c1-15-3-4-20-18(13-15)19(14-27-2)24-26(20)17-7-11-25(12-8-17)16-5-9-21(22,23)10-6-16/h3-4,13,16-17H,5-12,14H2,1-2H3. The molecule has 2 aromatic rings. The van der Waals surface area contributed by atoms with Crippen molar-refractivity contribution in [1.29, 1.82) is 0 Å². The van der Waals surface area contributed by atoms with Crippen LogP contribution in [0.25, 0.3) is 10.9 Å². The molecule has 0 spiro atoms. The molecule has 1 aliphatic heterocycles. The summed E-state index contributed by atoms with van der Waals surface area (Å²) in [5.74, 6) is -2.45. The molecular formula is C21H29F2N3O. The second-order valence-corrected chi connectivity index (χ2v) is 8.20. The minimum absolute atomic E-state index is 0.0428. The van der Waals surface area contributed by atoms with Crippen LogP contribution in [0.5, 0.6) is 0 Å². The molecule has 2 fully saturated rings. The van der Waals surface area contributed by atoms with Gasteiger partial charge in [-0.1, -0.05) is 11.6 Å². The van der Waals surface area contributed by atoms with Crippen molar-refractivity contribution in [2.75, 3.05) is 20.2 Å². The highest BCUT2D eigenvalue weighted by Crippen LogP contribution is 2.37. The van der Waals surface area contributed by atoms with E-state index in [0.717, 1.165) is 31.6 Å². The van der Waals surface area contributed by atoms with Crippen molar-refractivity contribution >= 4 is 10.9 Å². The van der Waals surface area contributed by atoms with Gasteiger partial charge in [0, 0.05) is 44.5 Å². The smallest absolute Gasteiger partial charge is 0.248 e. The lowest BCUT2D eigenvalue weighted by molar-refractivity contribution is -0.0566. The summed E-state index contributed by atoms with van der Waals surface area (Å²) in [6.07, 6.45) is 3.37. The number of aromatic nitrogens is 2. The van der Waals surface area contributed by atoms with Crippen molar-refractivity contribution in [3.05, 3.63) is 29.5 Å². The summed E-state index contributed by atoms with van der Waals surface area (Å²) in [6.45, 7) is 4.54. The van der Waals surface area contributed by atoms with Crippen molar-refractivity contribution in [1.82, 2.24) is 14.7 Å². The van der Waals surface area contributed by atoms with Crippen LogP contribution < -0.4 is 0 Å². The molecule has 2 heterocycles. The minimum atomic E-state index is -2.45. The number of methoxy groups -OCH3 is 1. The van der Waals surface area contributed by atoms with Gasteiger partial charge in [-0.2, -0.15) is 5.10 Å². The Morgan fingerprint density at radius 2 is 1.81 bits per heavy atom. The van der Waals surface area contributed by atoms with Crippen LogP contribution >= 0.6 is 0 Å². The number of alkyl halides is 2. The molecule has 0 amide bonds. The number of piperidine rings is 1. The molecular weight excluding hydrogens is 348 g/mol. The van der Waals surface area contributed by atoms with Crippen LogP contribution in [0.4, 0.5) is 8.78 Å². The second-order valence-electron chi connectivity index (χ2n) is 8.20. The molecule has 148 valence electrons. The van der Waals surface area contributed by atoms with Gasteiger partial charge >= 0.3 is 0 Å². The average molecular weight is 377 g/mol. The van der Waals surface area contributed by atoms with E-state index in [4.69, 9.17) is 9.84 Å². The monoisotopic (exact) mass is 377 g/mol. The number of aryl methyl sites for hydroxylation is 1. The highest BCUT2D eigenvalue weighted by atomic mass is 19.3. The lowest BCUT2D eigenvalue weighted by atomic mass is 9.89. The molecule has 1 aromatic carbocycles. The number of halogens is 2. The number of hydrogen-bond acceptors (Lipinski definition) is 3. The van der Waals surface area contributed by atoms with Gasteiger partial charge in [-0.05, 0) is 44.7 Å². The molecule has 0 N–H and O–H groups in total. The molecule has 4 nitrogen and oxygen atoms in total. The lowest BCUT2D eigenvalue weighted by Crippen LogP contribution is -2.45. The Morgan fingerprint density at radius 1 is 1.11 bits per heavy atom. The zero-order valence-electron chi connectivity index (χ0n) is 16.3. The van der Waals surface area contributed by atoms with Crippen molar-refractivity contribution in [3.63, 3.8) is 0 Å². The molecule has 0 radical (unpaired) electrons. The van der Waals surface area contributed by atoms with Crippen molar-refractivity contribution in [2.24, 2.45) is 0 Å². The quantitative estimate of drug-likeness (QED) is 0.773. The number of ether oxygens (including phenoxy) is 1. The molecule has 0 atom stereocenters.